The normalized spacial score (nSPS) is 11.8. The van der Waals surface area contributed by atoms with Crippen LogP contribution in [-0.2, 0) is 26.0 Å². The lowest BCUT2D eigenvalue weighted by Crippen LogP contribution is -2.53. The van der Waals surface area contributed by atoms with Crippen molar-refractivity contribution >= 4 is 27.5 Å². The van der Waals surface area contributed by atoms with Crippen LogP contribution in [0.1, 0.15) is 32.3 Å². The van der Waals surface area contributed by atoms with Gasteiger partial charge in [-0.3, -0.25) is 13.9 Å². The molecule has 0 fully saturated rings. The minimum Gasteiger partial charge on any atom is -0.497 e. The highest BCUT2D eigenvalue weighted by Gasteiger charge is 2.34. The molecule has 3 rings (SSSR count). The number of amides is 2. The van der Waals surface area contributed by atoms with Crippen molar-refractivity contribution in [1.29, 1.82) is 0 Å². The molecule has 0 aliphatic carbocycles. The molecule has 3 aromatic rings. The van der Waals surface area contributed by atoms with Gasteiger partial charge in [-0.15, -0.1) is 0 Å². The summed E-state index contributed by atoms with van der Waals surface area (Å²) in [5.74, 6) is 0.0285. The maximum Gasteiger partial charge on any atom is 0.264 e. The second-order valence-electron chi connectivity index (χ2n) is 9.40. The second kappa shape index (κ2) is 15.1. The molecule has 0 bridgehead atoms. The third-order valence-corrected chi connectivity index (χ3v) is 8.47. The lowest BCUT2D eigenvalue weighted by atomic mass is 10.1. The van der Waals surface area contributed by atoms with Crippen molar-refractivity contribution in [1.82, 2.24) is 10.2 Å². The van der Waals surface area contributed by atoms with Gasteiger partial charge in [0.2, 0.25) is 11.8 Å². The maximum atomic E-state index is 14.1. The monoisotopic (exact) mass is 581 g/mol. The molecule has 1 N–H and O–H groups in total. The van der Waals surface area contributed by atoms with Crippen molar-refractivity contribution < 1.29 is 27.5 Å². The number of carbonyl (C=O) groups is 2. The van der Waals surface area contributed by atoms with Gasteiger partial charge in [-0.2, -0.15) is 0 Å². The molecule has 2 amide bonds. The number of rotatable bonds is 15. The van der Waals surface area contributed by atoms with Crippen molar-refractivity contribution in [3.8, 4) is 11.5 Å². The number of methoxy groups -OCH3 is 2. The van der Waals surface area contributed by atoms with Gasteiger partial charge in [0.25, 0.3) is 10.0 Å². The Balaban J connectivity index is 2.04. The summed E-state index contributed by atoms with van der Waals surface area (Å²) in [6.45, 7) is 3.99. The van der Waals surface area contributed by atoms with Crippen LogP contribution in [0.15, 0.2) is 83.8 Å². The average molecular weight is 582 g/mol. The van der Waals surface area contributed by atoms with Crippen LogP contribution in [0.25, 0.3) is 0 Å². The summed E-state index contributed by atoms with van der Waals surface area (Å²) >= 11 is 0. The zero-order valence-electron chi connectivity index (χ0n) is 24.1. The summed E-state index contributed by atoms with van der Waals surface area (Å²) in [4.78, 5) is 28.7. The highest BCUT2D eigenvalue weighted by atomic mass is 32.2. The molecule has 1 atom stereocenters. The van der Waals surface area contributed by atoms with Crippen LogP contribution in [0.5, 0.6) is 11.5 Å². The topological polar surface area (TPSA) is 105 Å². The van der Waals surface area contributed by atoms with Gasteiger partial charge in [-0.05, 0) is 61.2 Å². The Morgan fingerprint density at radius 1 is 0.878 bits per heavy atom. The van der Waals surface area contributed by atoms with E-state index in [1.165, 1.54) is 31.3 Å². The minimum atomic E-state index is -4.22. The van der Waals surface area contributed by atoms with Crippen molar-refractivity contribution in [2.75, 3.05) is 38.2 Å². The van der Waals surface area contributed by atoms with E-state index in [0.29, 0.717) is 30.9 Å². The summed E-state index contributed by atoms with van der Waals surface area (Å²) in [5.41, 5.74) is 1.22. The van der Waals surface area contributed by atoms with Gasteiger partial charge in [0.15, 0.2) is 0 Å². The van der Waals surface area contributed by atoms with E-state index in [1.54, 1.807) is 36.4 Å². The van der Waals surface area contributed by atoms with Crippen LogP contribution in [0.2, 0.25) is 0 Å². The number of nitrogens with one attached hydrogen (secondary N) is 1. The van der Waals surface area contributed by atoms with E-state index in [9.17, 15) is 18.0 Å². The van der Waals surface area contributed by atoms with Gasteiger partial charge < -0.3 is 19.7 Å². The van der Waals surface area contributed by atoms with Crippen molar-refractivity contribution in [2.45, 2.75) is 44.0 Å². The first-order valence-corrected chi connectivity index (χ1v) is 15.1. The predicted octanol–water partition coefficient (Wildman–Crippen LogP) is 4.28. The first-order chi connectivity index (χ1) is 19.8. The van der Waals surface area contributed by atoms with Crippen molar-refractivity contribution in [3.63, 3.8) is 0 Å². The zero-order valence-corrected chi connectivity index (χ0v) is 24.9. The number of hydrogen-bond donors (Lipinski definition) is 1. The molecule has 0 saturated heterocycles. The third-order valence-electron chi connectivity index (χ3n) is 6.70. The number of ether oxygens (including phenoxy) is 2. The van der Waals surface area contributed by atoms with Crippen molar-refractivity contribution in [3.05, 3.63) is 84.4 Å². The molecule has 0 aromatic heterocycles. The molecule has 9 nitrogen and oxygen atoms in total. The first kappa shape index (κ1) is 31.5. The van der Waals surface area contributed by atoms with E-state index in [4.69, 9.17) is 9.47 Å². The fraction of sp³-hybridized carbons (Fsp3) is 0.355. The third kappa shape index (κ3) is 8.00. The van der Waals surface area contributed by atoms with Gasteiger partial charge in [-0.1, -0.05) is 56.3 Å². The standard InChI is InChI=1S/C31H39N3O6S/c1-5-21-32-31(36)27(6-2)33(22-20-24-12-8-7-9-13-24)30(35)23-34(28-14-10-11-15-29(28)40-4)41(37,38)26-18-16-25(39-3)17-19-26/h7-19,27H,5-6,20-23H2,1-4H3,(H,32,36)/t27-/m0/s1. The van der Waals surface area contributed by atoms with Crippen LogP contribution in [-0.4, -0.2) is 65.0 Å². The Bertz CT molecular complexity index is 1380. The molecule has 0 aliphatic rings. The lowest BCUT2D eigenvalue weighted by molar-refractivity contribution is -0.139. The second-order valence-corrected chi connectivity index (χ2v) is 11.3. The fourth-order valence-corrected chi connectivity index (χ4v) is 5.91. The molecule has 10 heteroatoms. The summed E-state index contributed by atoms with van der Waals surface area (Å²) in [6, 6.07) is 21.5. The molecular formula is C31H39N3O6S. The van der Waals surface area contributed by atoms with Crippen LogP contribution in [0, 0.1) is 0 Å². The van der Waals surface area contributed by atoms with E-state index in [2.05, 4.69) is 5.32 Å². The molecule has 41 heavy (non-hydrogen) atoms. The van der Waals surface area contributed by atoms with Gasteiger partial charge in [0, 0.05) is 13.1 Å². The summed E-state index contributed by atoms with van der Waals surface area (Å²) in [6.07, 6.45) is 1.63. The molecular weight excluding hydrogens is 542 g/mol. The van der Waals surface area contributed by atoms with E-state index in [1.807, 2.05) is 44.2 Å². The Morgan fingerprint density at radius 2 is 1.54 bits per heavy atom. The van der Waals surface area contributed by atoms with Gasteiger partial charge >= 0.3 is 0 Å². The minimum absolute atomic E-state index is 0.0134. The van der Waals surface area contributed by atoms with Gasteiger partial charge in [0.05, 0.1) is 24.8 Å². The number of nitrogens with zero attached hydrogens (tertiary/aromatic N) is 2. The van der Waals surface area contributed by atoms with Crippen LogP contribution < -0.4 is 19.1 Å². The lowest BCUT2D eigenvalue weighted by Gasteiger charge is -2.33. The van der Waals surface area contributed by atoms with Crippen LogP contribution in [0.4, 0.5) is 5.69 Å². The smallest absolute Gasteiger partial charge is 0.264 e. The highest BCUT2D eigenvalue weighted by molar-refractivity contribution is 7.92. The quantitative estimate of drug-likeness (QED) is 0.287. The molecule has 0 saturated carbocycles. The predicted molar refractivity (Wildman–Crippen MR) is 160 cm³/mol. The molecule has 3 aromatic carbocycles. The number of hydrogen-bond acceptors (Lipinski definition) is 6. The Hall–Kier alpha value is -4.05. The van der Waals surface area contributed by atoms with Gasteiger partial charge in [-0.25, -0.2) is 8.42 Å². The summed E-state index contributed by atoms with van der Waals surface area (Å²) in [5, 5.41) is 2.89. The fourth-order valence-electron chi connectivity index (χ4n) is 4.49. The number of para-hydroxylation sites is 2. The molecule has 0 unspecified atom stereocenters. The largest absolute Gasteiger partial charge is 0.497 e. The van der Waals surface area contributed by atoms with E-state index in [-0.39, 0.29) is 23.0 Å². The maximum absolute atomic E-state index is 14.1. The Labute approximate surface area is 243 Å². The SMILES string of the molecule is CCCNC(=O)[C@H](CC)N(CCc1ccccc1)C(=O)CN(c1ccccc1OC)S(=O)(=O)c1ccc(OC)cc1. The van der Waals surface area contributed by atoms with Crippen molar-refractivity contribution in [2.24, 2.45) is 0 Å². The number of carbonyl (C=O) groups excluding carboxylic acids is 2. The zero-order chi connectivity index (χ0) is 29.8. The molecule has 0 radical (unpaired) electrons. The molecule has 0 heterocycles. The summed E-state index contributed by atoms with van der Waals surface area (Å²) < 4.78 is 39.8. The molecule has 220 valence electrons. The van der Waals surface area contributed by atoms with E-state index in [0.717, 1.165) is 16.3 Å². The van der Waals surface area contributed by atoms with Crippen LogP contribution >= 0.6 is 0 Å². The van der Waals surface area contributed by atoms with Gasteiger partial charge in [0.1, 0.15) is 24.1 Å². The Morgan fingerprint density at radius 3 is 2.15 bits per heavy atom. The summed E-state index contributed by atoms with van der Waals surface area (Å²) in [7, 11) is -1.29. The highest BCUT2D eigenvalue weighted by Crippen LogP contribution is 2.33. The number of anilines is 1. The Kier molecular flexibility index (Phi) is 11.6. The molecule has 0 aliphatic heterocycles. The van der Waals surface area contributed by atoms with Crippen LogP contribution in [0.3, 0.4) is 0 Å². The average Bonchev–Trinajstić information content (AvgIpc) is 3.00. The van der Waals surface area contributed by atoms with E-state index >= 15 is 0 Å². The number of sulfonamides is 1. The first-order valence-electron chi connectivity index (χ1n) is 13.7. The number of benzene rings is 3. The molecule has 0 spiro atoms. The van der Waals surface area contributed by atoms with E-state index < -0.39 is 28.5 Å².